The third kappa shape index (κ3) is 2.14. The van der Waals surface area contributed by atoms with Gasteiger partial charge in [-0.05, 0) is 30.9 Å². The molecule has 1 saturated heterocycles. The first-order valence-corrected chi connectivity index (χ1v) is 7.31. The summed E-state index contributed by atoms with van der Waals surface area (Å²) in [6.07, 6.45) is 4.05. The van der Waals surface area contributed by atoms with E-state index in [0.29, 0.717) is 5.69 Å². The minimum absolute atomic E-state index is 0.143. The van der Waals surface area contributed by atoms with Crippen molar-refractivity contribution in [1.82, 2.24) is 0 Å². The molecule has 4 heteroatoms. The summed E-state index contributed by atoms with van der Waals surface area (Å²) in [4.78, 5) is 26.0. The van der Waals surface area contributed by atoms with Gasteiger partial charge in [-0.25, -0.2) is 4.90 Å². The molecule has 0 unspecified atom stereocenters. The highest BCUT2D eigenvalue weighted by atomic mass is 16.3. The molecule has 1 saturated carbocycles. The number of anilines is 1. The summed E-state index contributed by atoms with van der Waals surface area (Å²) in [5, 5.41) is 10.2. The number of amides is 2. The van der Waals surface area contributed by atoms with Crippen molar-refractivity contribution in [2.24, 2.45) is 11.8 Å². The van der Waals surface area contributed by atoms with E-state index in [4.69, 9.17) is 0 Å². The Balaban J connectivity index is 1.88. The predicted octanol–water partition coefficient (Wildman–Crippen LogP) is 2.12. The van der Waals surface area contributed by atoms with Crippen molar-refractivity contribution >= 4 is 17.5 Å². The van der Waals surface area contributed by atoms with Gasteiger partial charge in [-0.2, -0.15) is 0 Å². The third-order valence-electron chi connectivity index (χ3n) is 4.49. The Bertz CT molecular complexity index is 508. The molecule has 106 valence electrons. The summed E-state index contributed by atoms with van der Waals surface area (Å²) in [6, 6.07) is 8.87. The van der Waals surface area contributed by atoms with Gasteiger partial charge in [0, 0.05) is 0 Å². The maximum atomic E-state index is 12.6. The summed E-state index contributed by atoms with van der Waals surface area (Å²) < 4.78 is 0. The summed E-state index contributed by atoms with van der Waals surface area (Å²) in [5.41, 5.74) is 0.555. The second kappa shape index (κ2) is 5.37. The Kier molecular flexibility index (Phi) is 3.57. The standard InChI is InChI=1S/C16H19NO3/c18-14-13(11-7-3-1-4-8-11)15(19)17(16(14)20)12-9-5-2-6-10-12/h2,5-6,9-11,13-14,18H,1,3-4,7-8H2/t13-,14-/m0/s1. The smallest absolute Gasteiger partial charge is 0.263 e. The Morgan fingerprint density at radius 2 is 1.60 bits per heavy atom. The number of hydrogen-bond acceptors (Lipinski definition) is 3. The summed E-state index contributed by atoms with van der Waals surface area (Å²) in [6.45, 7) is 0. The minimum Gasteiger partial charge on any atom is -0.382 e. The average molecular weight is 273 g/mol. The van der Waals surface area contributed by atoms with Gasteiger partial charge in [0.1, 0.15) is 6.10 Å². The molecule has 2 amide bonds. The van der Waals surface area contributed by atoms with Crippen molar-refractivity contribution in [2.45, 2.75) is 38.2 Å². The SMILES string of the molecule is O=C1[C@@H](O)[C@H](C2CCCCC2)C(=O)N1c1ccccc1. The van der Waals surface area contributed by atoms with E-state index >= 15 is 0 Å². The molecule has 0 aromatic heterocycles. The Morgan fingerprint density at radius 1 is 0.950 bits per heavy atom. The number of aliphatic hydroxyl groups excluding tert-OH is 1. The maximum Gasteiger partial charge on any atom is 0.263 e. The van der Waals surface area contributed by atoms with Crippen molar-refractivity contribution in [1.29, 1.82) is 0 Å². The summed E-state index contributed by atoms with van der Waals surface area (Å²) in [5.74, 6) is -1.12. The Hall–Kier alpha value is -1.68. The molecule has 1 N–H and O–H groups in total. The number of nitrogens with zero attached hydrogens (tertiary/aromatic N) is 1. The van der Waals surface area contributed by atoms with Gasteiger partial charge in [-0.3, -0.25) is 9.59 Å². The highest BCUT2D eigenvalue weighted by Crippen LogP contribution is 2.38. The molecule has 20 heavy (non-hydrogen) atoms. The molecule has 2 aliphatic rings. The molecule has 1 aliphatic carbocycles. The molecule has 1 heterocycles. The Morgan fingerprint density at radius 3 is 2.25 bits per heavy atom. The molecular formula is C16H19NO3. The molecule has 1 aromatic carbocycles. The first kappa shape index (κ1) is 13.3. The van der Waals surface area contributed by atoms with Crippen LogP contribution in [-0.2, 0) is 9.59 Å². The number of imide groups is 1. The van der Waals surface area contributed by atoms with Crippen LogP contribution in [-0.4, -0.2) is 23.0 Å². The van der Waals surface area contributed by atoms with Gasteiger partial charge >= 0.3 is 0 Å². The van der Waals surface area contributed by atoms with Gasteiger partial charge in [-0.15, -0.1) is 0 Å². The minimum atomic E-state index is -1.18. The van der Waals surface area contributed by atoms with E-state index in [1.54, 1.807) is 24.3 Å². The fourth-order valence-electron chi connectivity index (χ4n) is 3.46. The van der Waals surface area contributed by atoms with E-state index in [1.165, 1.54) is 6.42 Å². The summed E-state index contributed by atoms with van der Waals surface area (Å²) >= 11 is 0. The normalized spacial score (nSPS) is 28.1. The van der Waals surface area contributed by atoms with Crippen LogP contribution in [0.25, 0.3) is 0 Å². The first-order valence-electron chi connectivity index (χ1n) is 7.31. The van der Waals surface area contributed by atoms with Gasteiger partial charge in [0.05, 0.1) is 11.6 Å². The van der Waals surface area contributed by atoms with Crippen molar-refractivity contribution < 1.29 is 14.7 Å². The van der Waals surface area contributed by atoms with Gasteiger partial charge in [0.25, 0.3) is 5.91 Å². The molecule has 0 radical (unpaired) electrons. The van der Waals surface area contributed by atoms with E-state index < -0.39 is 17.9 Å². The van der Waals surface area contributed by atoms with E-state index in [0.717, 1.165) is 30.6 Å². The number of carbonyl (C=O) groups excluding carboxylic acids is 2. The third-order valence-corrected chi connectivity index (χ3v) is 4.49. The van der Waals surface area contributed by atoms with Crippen LogP contribution in [0.4, 0.5) is 5.69 Å². The van der Waals surface area contributed by atoms with Crippen molar-refractivity contribution in [3.8, 4) is 0 Å². The second-order valence-corrected chi connectivity index (χ2v) is 5.72. The zero-order chi connectivity index (χ0) is 14.1. The fourth-order valence-corrected chi connectivity index (χ4v) is 3.46. The van der Waals surface area contributed by atoms with Crippen LogP contribution in [0.5, 0.6) is 0 Å². The average Bonchev–Trinajstić information content (AvgIpc) is 2.71. The second-order valence-electron chi connectivity index (χ2n) is 5.72. The van der Waals surface area contributed by atoms with E-state index in [9.17, 15) is 14.7 Å². The predicted molar refractivity (Wildman–Crippen MR) is 75.0 cm³/mol. The van der Waals surface area contributed by atoms with Crippen LogP contribution in [0.15, 0.2) is 30.3 Å². The van der Waals surface area contributed by atoms with Crippen LogP contribution < -0.4 is 4.90 Å². The monoisotopic (exact) mass is 273 g/mol. The zero-order valence-corrected chi connectivity index (χ0v) is 11.4. The zero-order valence-electron chi connectivity index (χ0n) is 11.4. The van der Waals surface area contributed by atoms with Crippen LogP contribution in [0.2, 0.25) is 0 Å². The topological polar surface area (TPSA) is 57.6 Å². The number of hydrogen-bond donors (Lipinski definition) is 1. The number of aliphatic hydroxyl groups is 1. The quantitative estimate of drug-likeness (QED) is 0.840. The van der Waals surface area contributed by atoms with Crippen LogP contribution in [0.3, 0.4) is 0 Å². The summed E-state index contributed by atoms with van der Waals surface area (Å²) in [7, 11) is 0. The van der Waals surface area contributed by atoms with Crippen LogP contribution in [0, 0.1) is 11.8 Å². The van der Waals surface area contributed by atoms with E-state index in [2.05, 4.69) is 0 Å². The maximum absolute atomic E-state index is 12.6. The number of para-hydroxylation sites is 1. The lowest BCUT2D eigenvalue weighted by Crippen LogP contribution is -2.32. The number of rotatable bonds is 2. The lowest BCUT2D eigenvalue weighted by atomic mass is 9.78. The molecule has 2 fully saturated rings. The number of carbonyl (C=O) groups is 2. The van der Waals surface area contributed by atoms with Crippen molar-refractivity contribution in [2.75, 3.05) is 4.90 Å². The van der Waals surface area contributed by atoms with Crippen molar-refractivity contribution in [3.63, 3.8) is 0 Å². The van der Waals surface area contributed by atoms with Gasteiger partial charge in [0.15, 0.2) is 0 Å². The highest BCUT2D eigenvalue weighted by Gasteiger charge is 2.50. The van der Waals surface area contributed by atoms with E-state index in [1.807, 2.05) is 6.07 Å². The lowest BCUT2D eigenvalue weighted by molar-refractivity contribution is -0.126. The van der Waals surface area contributed by atoms with Crippen LogP contribution in [0.1, 0.15) is 32.1 Å². The highest BCUT2D eigenvalue weighted by molar-refractivity contribution is 6.23. The Labute approximate surface area is 118 Å². The molecule has 3 rings (SSSR count). The van der Waals surface area contributed by atoms with E-state index in [-0.39, 0.29) is 11.8 Å². The molecule has 0 spiro atoms. The van der Waals surface area contributed by atoms with Gasteiger partial charge < -0.3 is 5.11 Å². The molecule has 1 aliphatic heterocycles. The molecular weight excluding hydrogens is 254 g/mol. The molecule has 1 aromatic rings. The lowest BCUT2D eigenvalue weighted by Gasteiger charge is -2.27. The molecule has 2 atom stereocenters. The molecule has 0 bridgehead atoms. The number of benzene rings is 1. The first-order chi connectivity index (χ1) is 9.70. The van der Waals surface area contributed by atoms with Crippen molar-refractivity contribution in [3.05, 3.63) is 30.3 Å². The largest absolute Gasteiger partial charge is 0.382 e. The molecule has 4 nitrogen and oxygen atoms in total. The van der Waals surface area contributed by atoms with Crippen LogP contribution >= 0.6 is 0 Å². The van der Waals surface area contributed by atoms with Gasteiger partial charge in [0.2, 0.25) is 5.91 Å². The van der Waals surface area contributed by atoms with Gasteiger partial charge in [-0.1, -0.05) is 37.5 Å². The fraction of sp³-hybridized carbons (Fsp3) is 0.500.